The van der Waals surface area contributed by atoms with Gasteiger partial charge >= 0.3 is 0 Å². The van der Waals surface area contributed by atoms with Gasteiger partial charge in [0.15, 0.2) is 11.6 Å². The summed E-state index contributed by atoms with van der Waals surface area (Å²) in [5.41, 5.74) is 10.2. The van der Waals surface area contributed by atoms with Crippen LogP contribution in [-0.4, -0.2) is 19.5 Å². The maximum absolute atomic E-state index is 6.18. The fourth-order valence-corrected chi connectivity index (χ4v) is 7.14. The van der Waals surface area contributed by atoms with E-state index in [0.717, 1.165) is 77.1 Å². The van der Waals surface area contributed by atoms with Crippen LogP contribution in [0.25, 0.3) is 94.7 Å². The lowest BCUT2D eigenvalue weighted by atomic mass is 9.98. The van der Waals surface area contributed by atoms with Gasteiger partial charge in [-0.3, -0.25) is 4.57 Å². The molecule has 0 amide bonds. The molecule has 50 heavy (non-hydrogen) atoms. The first-order valence-corrected chi connectivity index (χ1v) is 16.7. The number of nitrogens with zero attached hydrogens (tertiary/aromatic N) is 4. The lowest BCUT2D eigenvalue weighted by Gasteiger charge is -2.12. The lowest BCUT2D eigenvalue weighted by Crippen LogP contribution is -2.06. The van der Waals surface area contributed by atoms with E-state index in [0.29, 0.717) is 17.6 Å². The summed E-state index contributed by atoms with van der Waals surface area (Å²) in [6, 6.07) is 58.6. The van der Waals surface area contributed by atoms with Crippen molar-refractivity contribution >= 4 is 43.7 Å². The van der Waals surface area contributed by atoms with E-state index in [2.05, 4.69) is 144 Å². The van der Waals surface area contributed by atoms with Crippen molar-refractivity contribution in [1.82, 2.24) is 19.5 Å². The highest BCUT2D eigenvalue weighted by Gasteiger charge is 2.18. The van der Waals surface area contributed by atoms with Crippen molar-refractivity contribution in [2.75, 3.05) is 0 Å². The van der Waals surface area contributed by atoms with Gasteiger partial charge < -0.3 is 4.42 Å². The van der Waals surface area contributed by atoms with Crippen LogP contribution in [0, 0.1) is 0 Å². The first-order chi connectivity index (χ1) is 24.8. The van der Waals surface area contributed by atoms with Gasteiger partial charge in [-0.1, -0.05) is 140 Å². The monoisotopic (exact) mass is 640 g/mol. The summed E-state index contributed by atoms with van der Waals surface area (Å²) in [4.78, 5) is 15.4. The van der Waals surface area contributed by atoms with E-state index in [9.17, 15) is 0 Å². The molecule has 0 atom stereocenters. The van der Waals surface area contributed by atoms with Gasteiger partial charge in [-0.15, -0.1) is 0 Å². The minimum absolute atomic E-state index is 0.575. The van der Waals surface area contributed by atoms with Crippen LogP contribution in [0.15, 0.2) is 174 Å². The third-order valence-electron chi connectivity index (χ3n) is 9.49. The highest BCUT2D eigenvalue weighted by Crippen LogP contribution is 2.38. The molecule has 0 fully saturated rings. The number of hydrogen-bond acceptors (Lipinski definition) is 4. The molecule has 10 aromatic rings. The molecule has 0 spiro atoms. The fraction of sp³-hybridized carbons (Fsp3) is 0. The maximum Gasteiger partial charge on any atom is 0.238 e. The Labute approximate surface area is 287 Å². The number of hydrogen-bond donors (Lipinski definition) is 0. The second kappa shape index (κ2) is 11.4. The van der Waals surface area contributed by atoms with Crippen molar-refractivity contribution in [3.63, 3.8) is 0 Å². The van der Waals surface area contributed by atoms with Gasteiger partial charge in [0.25, 0.3) is 0 Å². The van der Waals surface area contributed by atoms with Crippen LogP contribution in [0.3, 0.4) is 0 Å². The van der Waals surface area contributed by atoms with Crippen molar-refractivity contribution < 1.29 is 4.42 Å². The molecule has 0 bridgehead atoms. The molecule has 3 aromatic heterocycles. The van der Waals surface area contributed by atoms with Crippen LogP contribution in [-0.2, 0) is 0 Å². The Morgan fingerprint density at radius 1 is 0.380 bits per heavy atom. The highest BCUT2D eigenvalue weighted by atomic mass is 16.3. The first-order valence-electron chi connectivity index (χ1n) is 16.7. The zero-order valence-corrected chi connectivity index (χ0v) is 26.9. The van der Waals surface area contributed by atoms with Gasteiger partial charge in [-0.2, -0.15) is 9.97 Å². The topological polar surface area (TPSA) is 56.7 Å². The SMILES string of the molecule is c1ccc(-c2cccc(-c3nc(-c4ccc(-c5cccc6oc7ccccc7c56)cc4)nc(-n4c5ccccc5c5ccccc54)n3)c2)cc1. The molecular weight excluding hydrogens is 613 g/mol. The molecule has 0 unspecified atom stereocenters. The Morgan fingerprint density at radius 3 is 1.70 bits per heavy atom. The fourth-order valence-electron chi connectivity index (χ4n) is 7.14. The van der Waals surface area contributed by atoms with Crippen LogP contribution < -0.4 is 0 Å². The molecule has 0 saturated heterocycles. The predicted molar refractivity (Wildman–Crippen MR) is 203 cm³/mol. The molecule has 5 nitrogen and oxygen atoms in total. The van der Waals surface area contributed by atoms with Crippen LogP contribution in [0.1, 0.15) is 0 Å². The summed E-state index contributed by atoms with van der Waals surface area (Å²) in [6.45, 7) is 0. The smallest absolute Gasteiger partial charge is 0.238 e. The molecule has 0 saturated carbocycles. The number of fused-ring (bicyclic) bond motifs is 6. The van der Waals surface area contributed by atoms with E-state index in [1.165, 1.54) is 0 Å². The third kappa shape index (κ3) is 4.60. The molecule has 3 heterocycles. The third-order valence-corrected chi connectivity index (χ3v) is 9.49. The van der Waals surface area contributed by atoms with E-state index in [1.807, 2.05) is 30.3 Å². The number of benzene rings is 7. The van der Waals surface area contributed by atoms with Crippen LogP contribution in [0.2, 0.25) is 0 Å². The Hall–Kier alpha value is -6.85. The van der Waals surface area contributed by atoms with Crippen LogP contribution in [0.4, 0.5) is 0 Å². The molecule has 0 radical (unpaired) electrons. The largest absolute Gasteiger partial charge is 0.456 e. The predicted octanol–water partition coefficient (Wildman–Crippen LogP) is 11.5. The molecule has 0 aliphatic rings. The Balaban J connectivity index is 1.16. The van der Waals surface area contributed by atoms with Gasteiger partial charge in [0, 0.05) is 32.7 Å². The standard InChI is InChI=1S/C45H28N4O/c1-2-12-29(13-3-1)32-14-10-15-33(28-32)44-46-43(47-45(48-44)49-38-20-7-4-16-35(38)36-17-5-8-21-39(36)49)31-26-24-30(25-27-31)34-19-11-23-41-42(34)37-18-6-9-22-40(37)50-41/h1-28H. The molecule has 0 aliphatic carbocycles. The van der Waals surface area contributed by atoms with Gasteiger partial charge in [0.05, 0.1) is 11.0 Å². The van der Waals surface area contributed by atoms with Crippen molar-refractivity contribution in [2.24, 2.45) is 0 Å². The van der Waals surface area contributed by atoms with E-state index in [1.54, 1.807) is 0 Å². The second-order valence-corrected chi connectivity index (χ2v) is 12.5. The average molecular weight is 641 g/mol. The first kappa shape index (κ1) is 28.2. The maximum atomic E-state index is 6.18. The van der Waals surface area contributed by atoms with Gasteiger partial charge in [0.1, 0.15) is 11.2 Å². The summed E-state index contributed by atoms with van der Waals surface area (Å²) >= 11 is 0. The quantitative estimate of drug-likeness (QED) is 0.188. The van der Waals surface area contributed by atoms with Crippen molar-refractivity contribution in [3.8, 4) is 51.0 Å². The van der Waals surface area contributed by atoms with E-state index >= 15 is 0 Å². The lowest BCUT2D eigenvalue weighted by molar-refractivity contribution is 0.669. The molecule has 0 aliphatic heterocycles. The van der Waals surface area contributed by atoms with Crippen molar-refractivity contribution in [3.05, 3.63) is 170 Å². The second-order valence-electron chi connectivity index (χ2n) is 12.5. The zero-order chi connectivity index (χ0) is 33.0. The average Bonchev–Trinajstić information content (AvgIpc) is 3.74. The van der Waals surface area contributed by atoms with E-state index < -0.39 is 0 Å². The number of aromatic nitrogens is 4. The normalized spacial score (nSPS) is 11.6. The summed E-state index contributed by atoms with van der Waals surface area (Å²) in [5, 5.41) is 4.54. The van der Waals surface area contributed by atoms with E-state index in [-0.39, 0.29) is 0 Å². The molecular formula is C45H28N4O. The van der Waals surface area contributed by atoms with Gasteiger partial charge in [-0.25, -0.2) is 4.98 Å². The summed E-state index contributed by atoms with van der Waals surface area (Å²) in [5.74, 6) is 1.80. The van der Waals surface area contributed by atoms with Crippen molar-refractivity contribution in [1.29, 1.82) is 0 Å². The molecule has 0 N–H and O–H groups in total. The van der Waals surface area contributed by atoms with Gasteiger partial charge in [-0.05, 0) is 52.6 Å². The molecule has 10 rings (SSSR count). The Kier molecular flexibility index (Phi) is 6.42. The Bertz CT molecular complexity index is 2810. The van der Waals surface area contributed by atoms with Crippen LogP contribution >= 0.6 is 0 Å². The van der Waals surface area contributed by atoms with Crippen LogP contribution in [0.5, 0.6) is 0 Å². The highest BCUT2D eigenvalue weighted by molar-refractivity contribution is 6.12. The minimum atomic E-state index is 0.575. The minimum Gasteiger partial charge on any atom is -0.456 e. The summed E-state index contributed by atoms with van der Waals surface area (Å²) < 4.78 is 8.33. The number of furan rings is 1. The number of para-hydroxylation sites is 3. The zero-order valence-electron chi connectivity index (χ0n) is 26.9. The number of rotatable bonds is 5. The molecule has 234 valence electrons. The summed E-state index contributed by atoms with van der Waals surface area (Å²) in [6.07, 6.45) is 0. The molecule has 7 aromatic carbocycles. The van der Waals surface area contributed by atoms with Gasteiger partial charge in [0.2, 0.25) is 5.95 Å². The van der Waals surface area contributed by atoms with Crippen molar-refractivity contribution in [2.45, 2.75) is 0 Å². The van der Waals surface area contributed by atoms with E-state index in [4.69, 9.17) is 19.4 Å². The Morgan fingerprint density at radius 2 is 0.940 bits per heavy atom. The summed E-state index contributed by atoms with van der Waals surface area (Å²) in [7, 11) is 0. The molecule has 5 heteroatoms.